The van der Waals surface area contributed by atoms with Gasteiger partial charge in [0.05, 0.1) is 11.2 Å². The third-order valence-electron chi connectivity index (χ3n) is 10.7. The van der Waals surface area contributed by atoms with Gasteiger partial charge in [0.1, 0.15) is 0 Å². The lowest BCUT2D eigenvalue weighted by atomic mass is 9.82. The second-order valence-electron chi connectivity index (χ2n) is 13.8. The predicted molar refractivity (Wildman–Crippen MR) is 199 cm³/mol. The summed E-state index contributed by atoms with van der Waals surface area (Å²) >= 11 is 0. The third kappa shape index (κ3) is 3.99. The zero-order valence-electron chi connectivity index (χ0n) is 27.0. The summed E-state index contributed by atoms with van der Waals surface area (Å²) < 4.78 is 0. The lowest BCUT2D eigenvalue weighted by Gasteiger charge is -2.21. The van der Waals surface area contributed by atoms with Crippen LogP contribution in [0.1, 0.15) is 36.1 Å². The molecular weight excluding hydrogens is 581 g/mol. The van der Waals surface area contributed by atoms with Crippen molar-refractivity contribution in [3.05, 3.63) is 168 Å². The van der Waals surface area contributed by atoms with E-state index in [0.717, 1.165) is 40.0 Å². The highest BCUT2D eigenvalue weighted by Crippen LogP contribution is 2.49. The van der Waals surface area contributed by atoms with Crippen molar-refractivity contribution in [1.82, 2.24) is 9.97 Å². The molecule has 10 rings (SSSR count). The van der Waals surface area contributed by atoms with E-state index in [9.17, 15) is 0 Å². The molecule has 0 spiro atoms. The molecule has 1 aromatic heterocycles. The van der Waals surface area contributed by atoms with Crippen molar-refractivity contribution in [3.8, 4) is 56.0 Å². The first-order valence-corrected chi connectivity index (χ1v) is 16.8. The molecule has 48 heavy (non-hydrogen) atoms. The average Bonchev–Trinajstić information content (AvgIpc) is 3.63. The van der Waals surface area contributed by atoms with Crippen molar-refractivity contribution in [3.63, 3.8) is 0 Å². The van der Waals surface area contributed by atoms with E-state index in [4.69, 9.17) is 9.97 Å². The van der Waals surface area contributed by atoms with Crippen molar-refractivity contribution in [2.75, 3.05) is 0 Å². The number of fused-ring (bicyclic) bond motifs is 9. The highest BCUT2D eigenvalue weighted by molar-refractivity contribution is 5.98. The van der Waals surface area contributed by atoms with Gasteiger partial charge in [-0.05, 0) is 91.0 Å². The minimum atomic E-state index is -0.0791. The van der Waals surface area contributed by atoms with E-state index < -0.39 is 0 Å². The van der Waals surface area contributed by atoms with Crippen LogP contribution >= 0.6 is 0 Å². The SMILES string of the molecule is CC1(C)c2ccccc2-c2ccc(-c3nc(-c4ccc(-c5ccc6ccc7c(c6c5)Cc5ccccc5-7)cc4)c4ccccc4n3)cc21. The number of nitrogens with zero attached hydrogens (tertiary/aromatic N) is 2. The molecule has 8 aromatic rings. The molecule has 0 bridgehead atoms. The Morgan fingerprint density at radius 2 is 1.15 bits per heavy atom. The summed E-state index contributed by atoms with van der Waals surface area (Å²) in [4.78, 5) is 10.3. The van der Waals surface area contributed by atoms with Crippen LogP contribution in [0.5, 0.6) is 0 Å². The summed E-state index contributed by atoms with van der Waals surface area (Å²) in [5, 5.41) is 3.70. The van der Waals surface area contributed by atoms with Gasteiger partial charge in [0, 0.05) is 21.9 Å². The van der Waals surface area contributed by atoms with Crippen molar-refractivity contribution >= 4 is 21.7 Å². The Bertz CT molecular complexity index is 2610. The van der Waals surface area contributed by atoms with Crippen molar-refractivity contribution in [2.45, 2.75) is 25.7 Å². The van der Waals surface area contributed by atoms with Gasteiger partial charge in [-0.3, -0.25) is 0 Å². The fourth-order valence-corrected chi connectivity index (χ4v) is 8.22. The topological polar surface area (TPSA) is 25.8 Å². The molecule has 0 aliphatic heterocycles. The van der Waals surface area contributed by atoms with Gasteiger partial charge in [-0.25, -0.2) is 9.97 Å². The molecule has 1 heterocycles. The molecule has 0 atom stereocenters. The van der Waals surface area contributed by atoms with Crippen molar-refractivity contribution < 1.29 is 0 Å². The maximum absolute atomic E-state index is 5.26. The van der Waals surface area contributed by atoms with Gasteiger partial charge in [0.25, 0.3) is 0 Å². The van der Waals surface area contributed by atoms with Crippen LogP contribution < -0.4 is 0 Å². The van der Waals surface area contributed by atoms with Crippen LogP contribution in [0.15, 0.2) is 146 Å². The first kappa shape index (κ1) is 27.3. The van der Waals surface area contributed by atoms with Crippen LogP contribution in [-0.2, 0) is 11.8 Å². The molecule has 0 unspecified atom stereocenters. The fraction of sp³-hybridized carbons (Fsp3) is 0.0870. The zero-order valence-corrected chi connectivity index (χ0v) is 27.0. The lowest BCUT2D eigenvalue weighted by molar-refractivity contribution is 0.660. The molecule has 0 saturated heterocycles. The fourth-order valence-electron chi connectivity index (χ4n) is 8.22. The van der Waals surface area contributed by atoms with Crippen LogP contribution in [0.25, 0.3) is 77.7 Å². The largest absolute Gasteiger partial charge is 0.228 e. The number of hydrogen-bond donors (Lipinski definition) is 0. The minimum Gasteiger partial charge on any atom is -0.228 e. The Balaban J connectivity index is 1.05. The smallest absolute Gasteiger partial charge is 0.160 e. The second kappa shape index (κ2) is 10.1. The van der Waals surface area contributed by atoms with E-state index in [-0.39, 0.29) is 5.41 Å². The summed E-state index contributed by atoms with van der Waals surface area (Å²) in [6, 6.07) is 53.0. The molecule has 2 heteroatoms. The average molecular weight is 613 g/mol. The predicted octanol–water partition coefficient (Wildman–Crippen LogP) is 11.7. The molecule has 0 fully saturated rings. The standard InChI is InChI=1S/C46H32N2/c1-46(2)41-13-7-5-11-36(41)37-24-22-33(27-42(37)46)45-47-43-14-8-6-12-38(43)44(48-45)30-18-15-28(16-19-30)31-20-17-29-21-23-35-34-10-4-3-9-32(34)26-40(35)39(29)25-31/h3-25,27H,26H2,1-2H3. The Hall–Kier alpha value is -5.86. The lowest BCUT2D eigenvalue weighted by Crippen LogP contribution is -2.15. The van der Waals surface area contributed by atoms with Crippen molar-refractivity contribution in [2.24, 2.45) is 0 Å². The minimum absolute atomic E-state index is 0.0791. The van der Waals surface area contributed by atoms with Crippen LogP contribution in [0.3, 0.4) is 0 Å². The molecule has 0 N–H and O–H groups in total. The van der Waals surface area contributed by atoms with Crippen LogP contribution in [0.2, 0.25) is 0 Å². The van der Waals surface area contributed by atoms with Gasteiger partial charge in [-0.15, -0.1) is 0 Å². The van der Waals surface area contributed by atoms with Gasteiger partial charge in [-0.2, -0.15) is 0 Å². The van der Waals surface area contributed by atoms with Crippen LogP contribution in [0, 0.1) is 0 Å². The van der Waals surface area contributed by atoms with Gasteiger partial charge in [-0.1, -0.05) is 141 Å². The first-order chi connectivity index (χ1) is 23.5. The summed E-state index contributed by atoms with van der Waals surface area (Å²) in [7, 11) is 0. The van der Waals surface area contributed by atoms with Crippen LogP contribution in [0.4, 0.5) is 0 Å². The van der Waals surface area contributed by atoms with E-state index in [1.54, 1.807) is 0 Å². The number of rotatable bonds is 3. The Morgan fingerprint density at radius 1 is 0.479 bits per heavy atom. The van der Waals surface area contributed by atoms with Gasteiger partial charge in [0.2, 0.25) is 0 Å². The summed E-state index contributed by atoms with van der Waals surface area (Å²) in [6.45, 7) is 4.63. The molecular formula is C46H32N2. The zero-order chi connectivity index (χ0) is 32.0. The monoisotopic (exact) mass is 612 g/mol. The molecule has 2 aliphatic rings. The highest BCUT2D eigenvalue weighted by Gasteiger charge is 2.35. The molecule has 7 aromatic carbocycles. The molecule has 0 amide bonds. The number of aromatic nitrogens is 2. The maximum Gasteiger partial charge on any atom is 0.160 e. The summed E-state index contributed by atoms with van der Waals surface area (Å²) in [5.74, 6) is 0.756. The number of hydrogen-bond acceptors (Lipinski definition) is 2. The third-order valence-corrected chi connectivity index (χ3v) is 10.7. The first-order valence-electron chi connectivity index (χ1n) is 16.8. The van der Waals surface area contributed by atoms with E-state index in [2.05, 4.69) is 159 Å². The Morgan fingerprint density at radius 3 is 2.04 bits per heavy atom. The summed E-state index contributed by atoms with van der Waals surface area (Å²) in [5.41, 5.74) is 17.3. The van der Waals surface area contributed by atoms with E-state index in [1.807, 2.05) is 0 Å². The highest BCUT2D eigenvalue weighted by atomic mass is 14.9. The molecule has 2 aliphatic carbocycles. The van der Waals surface area contributed by atoms with E-state index in [0.29, 0.717) is 0 Å². The van der Waals surface area contributed by atoms with Gasteiger partial charge in [0.15, 0.2) is 5.82 Å². The van der Waals surface area contributed by atoms with Gasteiger partial charge < -0.3 is 0 Å². The van der Waals surface area contributed by atoms with E-state index >= 15 is 0 Å². The van der Waals surface area contributed by atoms with Gasteiger partial charge >= 0.3 is 0 Å². The molecule has 0 saturated carbocycles. The normalized spacial score (nSPS) is 13.7. The van der Waals surface area contributed by atoms with Crippen molar-refractivity contribution in [1.29, 1.82) is 0 Å². The Labute approximate surface area is 280 Å². The summed E-state index contributed by atoms with van der Waals surface area (Å²) in [6.07, 6.45) is 0.989. The second-order valence-corrected chi connectivity index (χ2v) is 13.8. The Kier molecular flexibility index (Phi) is 5.72. The molecule has 2 nitrogen and oxygen atoms in total. The van der Waals surface area contributed by atoms with Crippen LogP contribution in [-0.4, -0.2) is 9.97 Å². The quantitative estimate of drug-likeness (QED) is 0.198. The van der Waals surface area contributed by atoms with E-state index in [1.165, 1.54) is 66.4 Å². The number of para-hydroxylation sites is 1. The molecule has 226 valence electrons. The molecule has 0 radical (unpaired) electrons. The maximum atomic E-state index is 5.26. The number of benzene rings is 7.